The standard InChI is InChI=1S/C15H17N5O4S/c1-10-13-5-12(7-16-15(13)24-18-10)25(21,22)20-3-4-23-14(9-20)11-6-17-19(2)8-11/h5-8,14H,3-4,9H2,1-2H3. The Hall–Kier alpha value is -2.30. The van der Waals surface area contributed by atoms with Crippen LogP contribution in [0.5, 0.6) is 0 Å². The van der Waals surface area contributed by atoms with Crippen LogP contribution in [0.4, 0.5) is 0 Å². The Morgan fingerprint density at radius 1 is 1.32 bits per heavy atom. The van der Waals surface area contributed by atoms with Crippen molar-refractivity contribution in [1.29, 1.82) is 0 Å². The summed E-state index contributed by atoms with van der Waals surface area (Å²) in [6, 6.07) is 1.55. The van der Waals surface area contributed by atoms with E-state index in [9.17, 15) is 8.42 Å². The molecule has 1 unspecified atom stereocenters. The molecule has 1 aliphatic heterocycles. The summed E-state index contributed by atoms with van der Waals surface area (Å²) in [4.78, 5) is 4.19. The Kier molecular flexibility index (Phi) is 3.82. The van der Waals surface area contributed by atoms with Crippen molar-refractivity contribution < 1.29 is 17.7 Å². The van der Waals surface area contributed by atoms with Crippen LogP contribution in [0.2, 0.25) is 0 Å². The zero-order chi connectivity index (χ0) is 17.6. The summed E-state index contributed by atoms with van der Waals surface area (Å²) in [5, 5.41) is 8.52. The van der Waals surface area contributed by atoms with E-state index >= 15 is 0 Å². The summed E-state index contributed by atoms with van der Waals surface area (Å²) in [6.45, 7) is 2.59. The fourth-order valence-corrected chi connectivity index (χ4v) is 4.27. The Balaban J connectivity index is 1.65. The predicted molar refractivity (Wildman–Crippen MR) is 87.2 cm³/mol. The smallest absolute Gasteiger partial charge is 0.257 e. The molecule has 3 aromatic rings. The maximum absolute atomic E-state index is 13.0. The summed E-state index contributed by atoms with van der Waals surface area (Å²) in [5.74, 6) is 0. The molecule has 1 fully saturated rings. The van der Waals surface area contributed by atoms with Gasteiger partial charge in [0.1, 0.15) is 4.90 Å². The summed E-state index contributed by atoms with van der Waals surface area (Å²) in [7, 11) is -1.88. The molecule has 0 saturated carbocycles. The number of rotatable bonds is 3. The van der Waals surface area contributed by atoms with Gasteiger partial charge in [-0.15, -0.1) is 0 Å². The Morgan fingerprint density at radius 3 is 2.92 bits per heavy atom. The van der Waals surface area contributed by atoms with Crippen molar-refractivity contribution in [2.24, 2.45) is 7.05 Å². The molecule has 0 aromatic carbocycles. The summed E-state index contributed by atoms with van der Waals surface area (Å²) in [5.41, 5.74) is 1.78. The second kappa shape index (κ2) is 5.90. The summed E-state index contributed by atoms with van der Waals surface area (Å²) < 4.78 is 39.8. The third-order valence-electron chi connectivity index (χ3n) is 4.25. The number of aryl methyl sites for hydroxylation is 2. The first kappa shape index (κ1) is 16.2. The summed E-state index contributed by atoms with van der Waals surface area (Å²) >= 11 is 0. The minimum absolute atomic E-state index is 0.123. The highest BCUT2D eigenvalue weighted by molar-refractivity contribution is 7.89. The van der Waals surface area contributed by atoms with E-state index < -0.39 is 10.0 Å². The number of nitrogens with zero attached hydrogens (tertiary/aromatic N) is 5. The normalized spacial score (nSPS) is 19.5. The molecular weight excluding hydrogens is 346 g/mol. The van der Waals surface area contributed by atoms with E-state index in [1.165, 1.54) is 10.5 Å². The monoisotopic (exact) mass is 363 g/mol. The van der Waals surface area contributed by atoms with Gasteiger partial charge >= 0.3 is 0 Å². The van der Waals surface area contributed by atoms with Gasteiger partial charge in [0.25, 0.3) is 5.71 Å². The first-order valence-electron chi connectivity index (χ1n) is 7.77. The molecule has 1 aliphatic rings. The fraction of sp³-hybridized carbons (Fsp3) is 0.400. The second-order valence-corrected chi connectivity index (χ2v) is 7.90. The average molecular weight is 363 g/mol. The highest BCUT2D eigenvalue weighted by Gasteiger charge is 2.32. The highest BCUT2D eigenvalue weighted by Crippen LogP contribution is 2.27. The minimum Gasteiger partial charge on any atom is -0.371 e. The van der Waals surface area contributed by atoms with Crippen molar-refractivity contribution in [3.8, 4) is 0 Å². The van der Waals surface area contributed by atoms with Crippen molar-refractivity contribution in [3.63, 3.8) is 0 Å². The molecule has 10 heteroatoms. The van der Waals surface area contributed by atoms with Gasteiger partial charge in [-0.25, -0.2) is 13.4 Å². The number of ether oxygens (including phenoxy) is 1. The first-order chi connectivity index (χ1) is 11.9. The van der Waals surface area contributed by atoms with E-state index in [0.29, 0.717) is 29.9 Å². The molecule has 0 bridgehead atoms. The zero-order valence-electron chi connectivity index (χ0n) is 13.8. The third-order valence-corrected chi connectivity index (χ3v) is 6.08. The zero-order valence-corrected chi connectivity index (χ0v) is 14.6. The largest absolute Gasteiger partial charge is 0.371 e. The maximum Gasteiger partial charge on any atom is 0.257 e. The number of aromatic nitrogens is 4. The molecule has 0 aliphatic carbocycles. The number of sulfonamides is 1. The van der Waals surface area contributed by atoms with Crippen LogP contribution >= 0.6 is 0 Å². The van der Waals surface area contributed by atoms with E-state index in [1.807, 2.05) is 13.2 Å². The van der Waals surface area contributed by atoms with Crippen LogP contribution in [0, 0.1) is 6.92 Å². The molecule has 3 aromatic heterocycles. The molecular formula is C15H17N5O4S. The number of fused-ring (bicyclic) bond motifs is 1. The Morgan fingerprint density at radius 2 is 2.16 bits per heavy atom. The lowest BCUT2D eigenvalue weighted by molar-refractivity contribution is -0.00259. The average Bonchev–Trinajstić information content (AvgIpc) is 3.21. The van der Waals surface area contributed by atoms with Gasteiger partial charge < -0.3 is 9.26 Å². The SMILES string of the molecule is Cc1noc2ncc(S(=O)(=O)N3CCOC(c4cnn(C)c4)C3)cc12. The van der Waals surface area contributed by atoms with Gasteiger partial charge in [0.05, 0.1) is 36.2 Å². The van der Waals surface area contributed by atoms with Crippen LogP contribution in [0.15, 0.2) is 34.1 Å². The third kappa shape index (κ3) is 2.81. The van der Waals surface area contributed by atoms with Gasteiger partial charge in [-0.3, -0.25) is 4.68 Å². The molecule has 4 heterocycles. The van der Waals surface area contributed by atoms with Gasteiger partial charge in [0.15, 0.2) is 0 Å². The van der Waals surface area contributed by atoms with Gasteiger partial charge in [0, 0.05) is 31.9 Å². The van der Waals surface area contributed by atoms with E-state index in [1.54, 1.807) is 23.9 Å². The molecule has 0 N–H and O–H groups in total. The molecule has 9 nitrogen and oxygen atoms in total. The van der Waals surface area contributed by atoms with Crippen LogP contribution in [-0.4, -0.2) is 52.3 Å². The van der Waals surface area contributed by atoms with Gasteiger partial charge in [-0.1, -0.05) is 5.16 Å². The van der Waals surface area contributed by atoms with Gasteiger partial charge in [-0.05, 0) is 13.0 Å². The number of hydrogen-bond donors (Lipinski definition) is 0. The maximum atomic E-state index is 13.0. The van der Waals surface area contributed by atoms with Crippen molar-refractivity contribution in [1.82, 2.24) is 24.2 Å². The minimum atomic E-state index is -3.69. The van der Waals surface area contributed by atoms with Crippen molar-refractivity contribution >= 4 is 21.1 Å². The lowest BCUT2D eigenvalue weighted by Crippen LogP contribution is -2.42. The van der Waals surface area contributed by atoms with Crippen molar-refractivity contribution in [2.45, 2.75) is 17.9 Å². The molecule has 132 valence electrons. The Bertz CT molecular complexity index is 1030. The summed E-state index contributed by atoms with van der Waals surface area (Å²) in [6.07, 6.45) is 4.48. The van der Waals surface area contributed by atoms with Crippen LogP contribution < -0.4 is 0 Å². The fourth-order valence-electron chi connectivity index (χ4n) is 2.87. The molecule has 1 atom stereocenters. The van der Waals surface area contributed by atoms with Crippen LogP contribution in [0.3, 0.4) is 0 Å². The Labute approximate surface area is 144 Å². The molecule has 1 saturated heterocycles. The number of pyridine rings is 1. The van der Waals surface area contributed by atoms with E-state index in [4.69, 9.17) is 9.26 Å². The van der Waals surface area contributed by atoms with Crippen LogP contribution in [-0.2, 0) is 21.8 Å². The van der Waals surface area contributed by atoms with E-state index in [0.717, 1.165) is 5.56 Å². The lowest BCUT2D eigenvalue weighted by atomic mass is 10.2. The van der Waals surface area contributed by atoms with E-state index in [-0.39, 0.29) is 17.5 Å². The van der Waals surface area contributed by atoms with E-state index in [2.05, 4.69) is 15.2 Å². The van der Waals surface area contributed by atoms with Gasteiger partial charge in [-0.2, -0.15) is 9.40 Å². The topological polar surface area (TPSA) is 103 Å². The quantitative estimate of drug-likeness (QED) is 0.684. The predicted octanol–water partition coefficient (Wildman–Crippen LogP) is 1.03. The van der Waals surface area contributed by atoms with Crippen LogP contribution in [0.25, 0.3) is 11.1 Å². The highest BCUT2D eigenvalue weighted by atomic mass is 32.2. The van der Waals surface area contributed by atoms with Crippen LogP contribution in [0.1, 0.15) is 17.4 Å². The number of morpholine rings is 1. The molecule has 25 heavy (non-hydrogen) atoms. The molecule has 0 radical (unpaired) electrons. The molecule has 0 amide bonds. The van der Waals surface area contributed by atoms with Crippen molar-refractivity contribution in [2.75, 3.05) is 19.7 Å². The second-order valence-electron chi connectivity index (χ2n) is 5.96. The molecule has 0 spiro atoms. The molecule has 4 rings (SSSR count). The lowest BCUT2D eigenvalue weighted by Gasteiger charge is -2.31. The number of hydrogen-bond acceptors (Lipinski definition) is 7. The van der Waals surface area contributed by atoms with Crippen molar-refractivity contribution in [3.05, 3.63) is 35.9 Å². The van der Waals surface area contributed by atoms with Gasteiger partial charge in [0.2, 0.25) is 10.0 Å². The first-order valence-corrected chi connectivity index (χ1v) is 9.21.